The van der Waals surface area contributed by atoms with Gasteiger partial charge in [-0.3, -0.25) is 4.79 Å². The Labute approximate surface area is 161 Å². The van der Waals surface area contributed by atoms with Crippen molar-refractivity contribution < 1.29 is 14.3 Å². The highest BCUT2D eigenvalue weighted by Crippen LogP contribution is 2.20. The number of ether oxygens (including phenoxy) is 2. The number of amides is 1. The zero-order chi connectivity index (χ0) is 19.1. The predicted octanol–water partition coefficient (Wildman–Crippen LogP) is 3.77. The van der Waals surface area contributed by atoms with E-state index in [1.54, 1.807) is 26.2 Å². The first-order valence-electron chi connectivity index (χ1n) is 9.58. The average molecular weight is 368 g/mol. The number of hydrogen-bond acceptors (Lipinski definition) is 4. The van der Waals surface area contributed by atoms with Crippen LogP contribution in [0.3, 0.4) is 0 Å². The van der Waals surface area contributed by atoms with Gasteiger partial charge < -0.3 is 19.7 Å². The normalized spacial score (nSPS) is 15.1. The number of benzene rings is 2. The van der Waals surface area contributed by atoms with Gasteiger partial charge in [0, 0.05) is 25.3 Å². The van der Waals surface area contributed by atoms with Crippen molar-refractivity contribution in [1.29, 1.82) is 0 Å². The van der Waals surface area contributed by atoms with Crippen LogP contribution < -0.4 is 19.7 Å². The minimum Gasteiger partial charge on any atom is -0.497 e. The summed E-state index contributed by atoms with van der Waals surface area (Å²) < 4.78 is 10.8. The van der Waals surface area contributed by atoms with E-state index in [1.807, 2.05) is 12.1 Å². The highest BCUT2D eigenvalue weighted by Gasteiger charge is 2.15. The molecule has 2 aromatic carbocycles. The lowest BCUT2D eigenvalue weighted by molar-refractivity contribution is -0.127. The predicted molar refractivity (Wildman–Crippen MR) is 107 cm³/mol. The topological polar surface area (TPSA) is 50.8 Å². The molecule has 0 radical (unpaired) electrons. The Morgan fingerprint density at radius 2 is 1.63 bits per heavy atom. The van der Waals surface area contributed by atoms with Gasteiger partial charge in [0.15, 0.2) is 6.10 Å². The fourth-order valence-electron chi connectivity index (χ4n) is 3.22. The fraction of sp³-hybridized carbons (Fsp3) is 0.409. The molecule has 0 aromatic heterocycles. The maximum absolute atomic E-state index is 12.3. The van der Waals surface area contributed by atoms with Crippen LogP contribution in [-0.4, -0.2) is 32.2 Å². The Bertz CT molecular complexity index is 722. The molecule has 5 nitrogen and oxygen atoms in total. The molecular formula is C22H28N2O3. The Hall–Kier alpha value is -2.69. The highest BCUT2D eigenvalue weighted by atomic mass is 16.5. The number of nitrogens with one attached hydrogen (secondary N) is 1. The molecule has 0 saturated carbocycles. The number of nitrogens with zero attached hydrogens (tertiary/aromatic N) is 1. The quantitative estimate of drug-likeness (QED) is 0.808. The van der Waals surface area contributed by atoms with Gasteiger partial charge in [-0.15, -0.1) is 0 Å². The van der Waals surface area contributed by atoms with Gasteiger partial charge in [-0.1, -0.05) is 12.1 Å². The van der Waals surface area contributed by atoms with Crippen LogP contribution in [0.25, 0.3) is 0 Å². The van der Waals surface area contributed by atoms with E-state index >= 15 is 0 Å². The van der Waals surface area contributed by atoms with Crippen LogP contribution in [0.1, 0.15) is 31.7 Å². The van der Waals surface area contributed by atoms with E-state index in [0.717, 1.165) is 24.4 Å². The zero-order valence-corrected chi connectivity index (χ0v) is 16.1. The molecule has 1 aliphatic rings. The van der Waals surface area contributed by atoms with Crippen molar-refractivity contribution >= 4 is 11.6 Å². The van der Waals surface area contributed by atoms with E-state index in [2.05, 4.69) is 34.5 Å². The summed E-state index contributed by atoms with van der Waals surface area (Å²) >= 11 is 0. The second-order valence-corrected chi connectivity index (χ2v) is 6.87. The Balaban J connectivity index is 1.47. The van der Waals surface area contributed by atoms with E-state index in [-0.39, 0.29) is 5.91 Å². The van der Waals surface area contributed by atoms with Crippen molar-refractivity contribution in [3.8, 4) is 11.5 Å². The summed E-state index contributed by atoms with van der Waals surface area (Å²) in [5.41, 5.74) is 2.35. The van der Waals surface area contributed by atoms with Gasteiger partial charge in [-0.25, -0.2) is 0 Å². The van der Waals surface area contributed by atoms with Gasteiger partial charge >= 0.3 is 0 Å². The number of methoxy groups -OCH3 is 1. The van der Waals surface area contributed by atoms with Gasteiger partial charge in [0.25, 0.3) is 5.91 Å². The molecule has 1 saturated heterocycles. The number of rotatable bonds is 7. The lowest BCUT2D eigenvalue weighted by Crippen LogP contribution is -2.35. The number of carbonyl (C=O) groups excluding carboxylic acids is 1. The molecule has 27 heavy (non-hydrogen) atoms. The van der Waals surface area contributed by atoms with Gasteiger partial charge in [-0.05, 0) is 68.1 Å². The molecule has 1 atom stereocenters. The number of piperidine rings is 1. The number of anilines is 1. The Kier molecular flexibility index (Phi) is 6.58. The summed E-state index contributed by atoms with van der Waals surface area (Å²) in [6, 6.07) is 15.7. The molecule has 3 rings (SSSR count). The lowest BCUT2D eigenvalue weighted by atomic mass is 10.1. The van der Waals surface area contributed by atoms with Gasteiger partial charge in [0.2, 0.25) is 0 Å². The van der Waals surface area contributed by atoms with E-state index in [0.29, 0.717) is 12.3 Å². The van der Waals surface area contributed by atoms with Gasteiger partial charge in [0.05, 0.1) is 7.11 Å². The molecule has 1 N–H and O–H groups in total. The largest absolute Gasteiger partial charge is 0.497 e. The minimum atomic E-state index is -0.564. The van der Waals surface area contributed by atoms with Crippen molar-refractivity contribution in [1.82, 2.24) is 5.32 Å². The summed E-state index contributed by atoms with van der Waals surface area (Å²) in [6.45, 7) is 4.51. The lowest BCUT2D eigenvalue weighted by Gasteiger charge is -2.28. The van der Waals surface area contributed by atoms with E-state index < -0.39 is 6.10 Å². The second kappa shape index (κ2) is 9.31. The van der Waals surface area contributed by atoms with Crippen LogP contribution in [0.4, 0.5) is 5.69 Å². The SMILES string of the molecule is COc1ccc(O[C@@H](C)C(=O)NCc2ccc(N3CCCCC3)cc2)cc1. The molecule has 0 bridgehead atoms. The van der Waals surface area contributed by atoms with Gasteiger partial charge in [0.1, 0.15) is 11.5 Å². The van der Waals surface area contributed by atoms with Crippen molar-refractivity contribution in [3.05, 3.63) is 54.1 Å². The van der Waals surface area contributed by atoms with Gasteiger partial charge in [-0.2, -0.15) is 0 Å². The van der Waals surface area contributed by atoms with Crippen molar-refractivity contribution in [2.24, 2.45) is 0 Å². The minimum absolute atomic E-state index is 0.133. The zero-order valence-electron chi connectivity index (χ0n) is 16.1. The van der Waals surface area contributed by atoms with Crippen LogP contribution in [0.5, 0.6) is 11.5 Å². The third-order valence-electron chi connectivity index (χ3n) is 4.87. The Morgan fingerprint density at radius 1 is 1.00 bits per heavy atom. The van der Waals surface area contributed by atoms with E-state index in [4.69, 9.17) is 9.47 Å². The third kappa shape index (κ3) is 5.39. The van der Waals surface area contributed by atoms with Crippen LogP contribution in [0, 0.1) is 0 Å². The third-order valence-corrected chi connectivity index (χ3v) is 4.87. The molecule has 2 aromatic rings. The van der Waals surface area contributed by atoms with Crippen molar-refractivity contribution in [2.75, 3.05) is 25.1 Å². The molecule has 1 heterocycles. The molecule has 144 valence electrons. The summed E-state index contributed by atoms with van der Waals surface area (Å²) in [5, 5.41) is 2.94. The number of carbonyl (C=O) groups is 1. The molecule has 5 heteroatoms. The van der Waals surface area contributed by atoms with E-state index in [1.165, 1.54) is 24.9 Å². The first-order chi connectivity index (χ1) is 13.2. The monoisotopic (exact) mass is 368 g/mol. The molecule has 1 amide bonds. The van der Waals surface area contributed by atoms with Crippen LogP contribution in [-0.2, 0) is 11.3 Å². The molecular weight excluding hydrogens is 340 g/mol. The van der Waals surface area contributed by atoms with Crippen LogP contribution in [0.15, 0.2) is 48.5 Å². The smallest absolute Gasteiger partial charge is 0.261 e. The summed E-state index contributed by atoms with van der Waals surface area (Å²) in [7, 11) is 1.62. The Morgan fingerprint density at radius 3 is 2.26 bits per heavy atom. The van der Waals surface area contributed by atoms with Crippen LogP contribution >= 0.6 is 0 Å². The molecule has 1 aliphatic heterocycles. The molecule has 0 unspecified atom stereocenters. The maximum atomic E-state index is 12.3. The maximum Gasteiger partial charge on any atom is 0.261 e. The van der Waals surface area contributed by atoms with Crippen molar-refractivity contribution in [2.45, 2.75) is 38.8 Å². The second-order valence-electron chi connectivity index (χ2n) is 6.87. The molecule has 0 spiro atoms. The first kappa shape index (κ1) is 19.1. The summed E-state index contributed by atoms with van der Waals surface area (Å²) in [4.78, 5) is 14.7. The highest BCUT2D eigenvalue weighted by molar-refractivity contribution is 5.80. The molecule has 1 fully saturated rings. The first-order valence-corrected chi connectivity index (χ1v) is 9.58. The van der Waals surface area contributed by atoms with E-state index in [9.17, 15) is 4.79 Å². The standard InChI is InChI=1S/C22H28N2O3/c1-17(27-21-12-10-20(26-2)11-13-21)22(25)23-16-18-6-8-19(9-7-18)24-14-4-3-5-15-24/h6-13,17H,3-5,14-16H2,1-2H3,(H,23,25)/t17-/m0/s1. The summed E-state index contributed by atoms with van der Waals surface area (Å²) in [5.74, 6) is 1.27. The molecule has 0 aliphatic carbocycles. The average Bonchev–Trinajstić information content (AvgIpc) is 2.73. The summed E-state index contributed by atoms with van der Waals surface area (Å²) in [6.07, 6.45) is 3.30. The number of hydrogen-bond donors (Lipinski definition) is 1. The van der Waals surface area contributed by atoms with Crippen molar-refractivity contribution in [3.63, 3.8) is 0 Å². The van der Waals surface area contributed by atoms with Crippen LogP contribution in [0.2, 0.25) is 0 Å². The fourth-order valence-corrected chi connectivity index (χ4v) is 3.22.